The first-order valence-electron chi connectivity index (χ1n) is 8.21. The SMILES string of the molecule is CCCN(CCC)C(=O)CN1CCCCC1CC(=O)OC. The number of ether oxygens (including phenoxy) is 1. The molecule has 1 unspecified atom stereocenters. The van der Waals surface area contributed by atoms with Crippen LogP contribution in [-0.4, -0.2) is 61.0 Å². The van der Waals surface area contributed by atoms with Crippen LogP contribution in [0.15, 0.2) is 0 Å². The van der Waals surface area contributed by atoms with Crippen LogP contribution in [0.5, 0.6) is 0 Å². The third kappa shape index (κ3) is 6.04. The van der Waals surface area contributed by atoms with Gasteiger partial charge in [0.2, 0.25) is 5.91 Å². The zero-order valence-electron chi connectivity index (χ0n) is 13.8. The van der Waals surface area contributed by atoms with E-state index in [1.54, 1.807) is 0 Å². The molecule has 0 N–H and O–H groups in total. The fourth-order valence-corrected chi connectivity index (χ4v) is 2.95. The van der Waals surface area contributed by atoms with E-state index in [2.05, 4.69) is 18.7 Å². The average Bonchev–Trinajstić information content (AvgIpc) is 2.48. The highest BCUT2D eigenvalue weighted by Gasteiger charge is 2.27. The van der Waals surface area contributed by atoms with Crippen molar-refractivity contribution in [1.82, 2.24) is 9.80 Å². The molecule has 0 aromatic rings. The standard InChI is InChI=1S/C16H30N2O3/c1-4-9-17(10-5-2)15(19)13-18-11-7-6-8-14(18)12-16(20)21-3/h14H,4-13H2,1-3H3. The molecule has 122 valence electrons. The van der Waals surface area contributed by atoms with Gasteiger partial charge < -0.3 is 9.64 Å². The van der Waals surface area contributed by atoms with Gasteiger partial charge in [-0.25, -0.2) is 0 Å². The molecule has 1 atom stereocenters. The predicted molar refractivity (Wildman–Crippen MR) is 83.0 cm³/mol. The van der Waals surface area contributed by atoms with E-state index >= 15 is 0 Å². The number of esters is 1. The number of amides is 1. The molecule has 0 saturated carbocycles. The summed E-state index contributed by atoms with van der Waals surface area (Å²) < 4.78 is 4.77. The summed E-state index contributed by atoms with van der Waals surface area (Å²) in [6.45, 7) is 7.17. The van der Waals surface area contributed by atoms with E-state index in [0.29, 0.717) is 13.0 Å². The molecule has 5 heteroatoms. The lowest BCUT2D eigenvalue weighted by molar-refractivity contribution is -0.143. The zero-order valence-corrected chi connectivity index (χ0v) is 13.8. The highest BCUT2D eigenvalue weighted by atomic mass is 16.5. The third-order valence-electron chi connectivity index (χ3n) is 4.06. The number of methoxy groups -OCH3 is 1. The first-order chi connectivity index (χ1) is 10.1. The van der Waals surface area contributed by atoms with Crippen LogP contribution in [0.25, 0.3) is 0 Å². The molecule has 0 aromatic carbocycles. The van der Waals surface area contributed by atoms with Crippen LogP contribution in [0.1, 0.15) is 52.4 Å². The summed E-state index contributed by atoms with van der Waals surface area (Å²) in [5.41, 5.74) is 0. The number of hydrogen-bond donors (Lipinski definition) is 0. The minimum absolute atomic E-state index is 0.153. The summed E-state index contributed by atoms with van der Waals surface area (Å²) in [5.74, 6) is 0.00814. The van der Waals surface area contributed by atoms with Crippen molar-refractivity contribution in [3.63, 3.8) is 0 Å². The summed E-state index contributed by atoms with van der Waals surface area (Å²) in [5, 5.41) is 0. The number of hydrogen-bond acceptors (Lipinski definition) is 4. The smallest absolute Gasteiger partial charge is 0.307 e. The Labute approximate surface area is 128 Å². The maximum absolute atomic E-state index is 12.5. The lowest BCUT2D eigenvalue weighted by Gasteiger charge is -2.36. The monoisotopic (exact) mass is 298 g/mol. The minimum Gasteiger partial charge on any atom is -0.469 e. The summed E-state index contributed by atoms with van der Waals surface area (Å²) in [7, 11) is 1.42. The van der Waals surface area contributed by atoms with Gasteiger partial charge in [-0.3, -0.25) is 14.5 Å². The number of carbonyl (C=O) groups is 2. The topological polar surface area (TPSA) is 49.9 Å². The molecule has 0 aromatic heterocycles. The van der Waals surface area contributed by atoms with Crippen LogP contribution >= 0.6 is 0 Å². The summed E-state index contributed by atoms with van der Waals surface area (Å²) in [6, 6.07) is 0.153. The van der Waals surface area contributed by atoms with Gasteiger partial charge in [-0.05, 0) is 32.2 Å². The normalized spacial score (nSPS) is 19.3. The molecule has 0 spiro atoms. The summed E-state index contributed by atoms with van der Waals surface area (Å²) >= 11 is 0. The lowest BCUT2D eigenvalue weighted by Crippen LogP contribution is -2.47. The van der Waals surface area contributed by atoms with Crippen molar-refractivity contribution in [2.24, 2.45) is 0 Å². The van der Waals surface area contributed by atoms with Crippen LogP contribution in [0.4, 0.5) is 0 Å². The van der Waals surface area contributed by atoms with Crippen molar-refractivity contribution in [3.8, 4) is 0 Å². The Morgan fingerprint density at radius 2 is 1.86 bits per heavy atom. The number of nitrogens with zero attached hydrogens (tertiary/aromatic N) is 2. The summed E-state index contributed by atoms with van der Waals surface area (Å²) in [6.07, 6.45) is 5.57. The average molecular weight is 298 g/mol. The fourth-order valence-electron chi connectivity index (χ4n) is 2.95. The molecular formula is C16H30N2O3. The van der Waals surface area contributed by atoms with E-state index in [4.69, 9.17) is 4.74 Å². The highest BCUT2D eigenvalue weighted by Crippen LogP contribution is 2.20. The molecule has 1 rings (SSSR count). The minimum atomic E-state index is -0.182. The van der Waals surface area contributed by atoms with E-state index in [1.807, 2.05) is 4.90 Å². The van der Waals surface area contributed by atoms with Gasteiger partial charge in [-0.2, -0.15) is 0 Å². The quantitative estimate of drug-likeness (QED) is 0.644. The highest BCUT2D eigenvalue weighted by molar-refractivity contribution is 5.78. The van der Waals surface area contributed by atoms with E-state index in [0.717, 1.165) is 51.7 Å². The second kappa shape index (κ2) is 9.77. The Kier molecular flexibility index (Phi) is 8.35. The van der Waals surface area contributed by atoms with Crippen LogP contribution in [0, 0.1) is 0 Å². The molecule has 1 fully saturated rings. The predicted octanol–water partition coefficient (Wildman–Crippen LogP) is 2.05. The Morgan fingerprint density at radius 3 is 2.43 bits per heavy atom. The van der Waals surface area contributed by atoms with Crippen LogP contribution in [-0.2, 0) is 14.3 Å². The van der Waals surface area contributed by atoms with Crippen molar-refractivity contribution in [2.75, 3.05) is 33.3 Å². The maximum Gasteiger partial charge on any atom is 0.307 e. The Morgan fingerprint density at radius 1 is 1.19 bits per heavy atom. The Bertz CT molecular complexity index is 327. The fraction of sp³-hybridized carbons (Fsp3) is 0.875. The van der Waals surface area contributed by atoms with Gasteiger partial charge in [0.25, 0.3) is 0 Å². The molecule has 0 radical (unpaired) electrons. The molecular weight excluding hydrogens is 268 g/mol. The van der Waals surface area contributed by atoms with Gasteiger partial charge >= 0.3 is 5.97 Å². The Hall–Kier alpha value is -1.10. The van der Waals surface area contributed by atoms with Crippen LogP contribution in [0.3, 0.4) is 0 Å². The molecule has 1 heterocycles. The largest absolute Gasteiger partial charge is 0.469 e. The van der Waals surface area contributed by atoms with Crippen LogP contribution in [0.2, 0.25) is 0 Å². The third-order valence-corrected chi connectivity index (χ3v) is 4.06. The number of piperidine rings is 1. The van der Waals surface area contributed by atoms with Crippen molar-refractivity contribution < 1.29 is 14.3 Å². The van der Waals surface area contributed by atoms with Crippen LogP contribution < -0.4 is 0 Å². The van der Waals surface area contributed by atoms with Crippen molar-refractivity contribution in [3.05, 3.63) is 0 Å². The van der Waals surface area contributed by atoms with Gasteiger partial charge in [0.1, 0.15) is 0 Å². The zero-order chi connectivity index (χ0) is 15.7. The van der Waals surface area contributed by atoms with E-state index in [1.165, 1.54) is 7.11 Å². The van der Waals surface area contributed by atoms with Gasteiger partial charge in [-0.1, -0.05) is 20.3 Å². The van der Waals surface area contributed by atoms with Gasteiger partial charge in [0.15, 0.2) is 0 Å². The number of rotatable bonds is 8. The van der Waals surface area contributed by atoms with E-state index in [-0.39, 0.29) is 17.9 Å². The molecule has 5 nitrogen and oxygen atoms in total. The second-order valence-electron chi connectivity index (χ2n) is 5.78. The molecule has 0 bridgehead atoms. The van der Waals surface area contributed by atoms with Crippen molar-refractivity contribution >= 4 is 11.9 Å². The maximum atomic E-state index is 12.5. The van der Waals surface area contributed by atoms with Gasteiger partial charge in [0, 0.05) is 19.1 Å². The lowest BCUT2D eigenvalue weighted by atomic mass is 9.99. The molecule has 1 saturated heterocycles. The van der Waals surface area contributed by atoms with Gasteiger partial charge in [-0.15, -0.1) is 0 Å². The number of carbonyl (C=O) groups excluding carboxylic acids is 2. The molecule has 21 heavy (non-hydrogen) atoms. The van der Waals surface area contributed by atoms with Crippen molar-refractivity contribution in [1.29, 1.82) is 0 Å². The molecule has 1 amide bonds. The number of likely N-dealkylation sites (tertiary alicyclic amines) is 1. The first-order valence-corrected chi connectivity index (χ1v) is 8.21. The second-order valence-corrected chi connectivity index (χ2v) is 5.78. The Balaban J connectivity index is 2.58. The molecule has 1 aliphatic rings. The molecule has 1 aliphatic heterocycles. The van der Waals surface area contributed by atoms with E-state index < -0.39 is 0 Å². The molecule has 0 aliphatic carbocycles. The van der Waals surface area contributed by atoms with E-state index in [9.17, 15) is 9.59 Å². The first kappa shape index (κ1) is 18.0. The van der Waals surface area contributed by atoms with Crippen molar-refractivity contribution in [2.45, 2.75) is 58.4 Å². The van der Waals surface area contributed by atoms with Gasteiger partial charge in [0.05, 0.1) is 20.1 Å². The summed E-state index contributed by atoms with van der Waals surface area (Å²) in [4.78, 5) is 28.1.